The van der Waals surface area contributed by atoms with Gasteiger partial charge in [-0.15, -0.1) is 0 Å². The molecule has 10 heteroatoms. The Bertz CT molecular complexity index is 740. The van der Waals surface area contributed by atoms with Gasteiger partial charge in [-0.1, -0.05) is 12.8 Å². The maximum atomic E-state index is 12.0. The van der Waals surface area contributed by atoms with Crippen molar-refractivity contribution in [1.29, 1.82) is 0 Å². The van der Waals surface area contributed by atoms with Crippen LogP contribution in [0.15, 0.2) is 6.20 Å². The lowest BCUT2D eigenvalue weighted by Gasteiger charge is -2.38. The summed E-state index contributed by atoms with van der Waals surface area (Å²) in [7, 11) is 0. The topological polar surface area (TPSA) is 87.5 Å². The Balaban J connectivity index is 0.000000298. The number of carboxylic acid groups (broad SMARTS) is 1. The van der Waals surface area contributed by atoms with Crippen molar-refractivity contribution in [2.45, 2.75) is 82.7 Å². The number of imidazole rings is 1. The van der Waals surface area contributed by atoms with Crippen LogP contribution in [0.5, 0.6) is 0 Å². The Kier molecular flexibility index (Phi) is 6.50. The number of carbonyl (C=O) groups is 2. The van der Waals surface area contributed by atoms with Crippen molar-refractivity contribution in [1.82, 2.24) is 19.8 Å². The second kappa shape index (κ2) is 8.73. The van der Waals surface area contributed by atoms with Crippen molar-refractivity contribution >= 4 is 11.9 Å². The minimum absolute atomic E-state index is 0.123. The van der Waals surface area contributed by atoms with Gasteiger partial charge in [0.1, 0.15) is 5.82 Å². The maximum Gasteiger partial charge on any atom is 0.490 e. The van der Waals surface area contributed by atoms with Crippen LogP contribution in [-0.4, -0.2) is 56.2 Å². The van der Waals surface area contributed by atoms with Gasteiger partial charge >= 0.3 is 12.1 Å². The second-order valence-electron chi connectivity index (χ2n) is 7.96. The van der Waals surface area contributed by atoms with E-state index >= 15 is 0 Å². The molecule has 2 aliphatic carbocycles. The van der Waals surface area contributed by atoms with E-state index in [4.69, 9.17) is 14.9 Å². The molecule has 1 aliphatic heterocycles. The molecule has 1 aromatic heterocycles. The van der Waals surface area contributed by atoms with Gasteiger partial charge in [-0.3, -0.25) is 9.69 Å². The molecule has 29 heavy (non-hydrogen) atoms. The van der Waals surface area contributed by atoms with Gasteiger partial charge < -0.3 is 15.0 Å². The lowest BCUT2D eigenvalue weighted by atomic mass is 10.1. The zero-order valence-electron chi connectivity index (χ0n) is 16.4. The minimum atomic E-state index is -5.08. The van der Waals surface area contributed by atoms with Gasteiger partial charge in [0.15, 0.2) is 0 Å². The van der Waals surface area contributed by atoms with Gasteiger partial charge in [0.2, 0.25) is 5.91 Å². The highest BCUT2D eigenvalue weighted by Gasteiger charge is 2.38. The molecule has 0 bridgehead atoms. The molecule has 1 aromatic rings. The molecular weight excluding hydrogens is 389 g/mol. The zero-order valence-corrected chi connectivity index (χ0v) is 16.4. The van der Waals surface area contributed by atoms with Crippen LogP contribution in [0.3, 0.4) is 0 Å². The van der Waals surface area contributed by atoms with E-state index in [1.807, 2.05) is 0 Å². The normalized spacial score (nSPS) is 22.6. The summed E-state index contributed by atoms with van der Waals surface area (Å²) in [6, 6.07) is 1.54. The summed E-state index contributed by atoms with van der Waals surface area (Å²) in [6.45, 7) is 4.39. The lowest BCUT2D eigenvalue weighted by Crippen LogP contribution is -2.42. The first-order valence-electron chi connectivity index (χ1n) is 10.1. The average Bonchev–Trinajstić information content (AvgIpc) is 3.11. The van der Waals surface area contributed by atoms with Crippen molar-refractivity contribution < 1.29 is 27.9 Å². The molecule has 3 aliphatic rings. The number of aliphatic carboxylic acids is 1. The number of amides is 1. The van der Waals surface area contributed by atoms with Crippen LogP contribution >= 0.6 is 0 Å². The molecule has 2 N–H and O–H groups in total. The van der Waals surface area contributed by atoms with Crippen molar-refractivity contribution in [2.24, 2.45) is 0 Å². The highest BCUT2D eigenvalue weighted by atomic mass is 19.4. The molecule has 0 spiro atoms. The number of carboxylic acids is 1. The number of hydrogen-bond acceptors (Lipinski definition) is 4. The van der Waals surface area contributed by atoms with Crippen molar-refractivity contribution in [3.05, 3.63) is 17.7 Å². The number of nitrogens with zero attached hydrogens (tertiary/aromatic N) is 3. The standard InChI is InChI=1S/C17H26N4O.C2HF3O2/c1-12-17-19-14(10-16(22)18-13-6-7-13)11-20(17)8-9-21(12)15-4-2-3-5-15;3-2(4,5)1(6)7/h11-13,15H,2-10H2,1H3,(H,18,22);(H,6,7). The summed E-state index contributed by atoms with van der Waals surface area (Å²) in [6.07, 6.45) is 5.11. The first kappa shape index (κ1) is 21.6. The Labute approximate surface area is 167 Å². The Morgan fingerprint density at radius 2 is 1.83 bits per heavy atom. The van der Waals surface area contributed by atoms with E-state index in [1.165, 1.54) is 25.7 Å². The predicted molar refractivity (Wildman–Crippen MR) is 98.2 cm³/mol. The van der Waals surface area contributed by atoms with E-state index in [9.17, 15) is 18.0 Å². The third-order valence-corrected chi connectivity index (χ3v) is 5.65. The molecule has 1 amide bonds. The summed E-state index contributed by atoms with van der Waals surface area (Å²) in [5.74, 6) is -1.49. The van der Waals surface area contributed by atoms with Gasteiger partial charge in [-0.25, -0.2) is 9.78 Å². The molecule has 1 atom stereocenters. The number of aromatic nitrogens is 2. The first-order chi connectivity index (χ1) is 13.6. The van der Waals surface area contributed by atoms with E-state index < -0.39 is 12.1 Å². The van der Waals surface area contributed by atoms with Gasteiger partial charge in [-0.05, 0) is 32.6 Å². The third kappa shape index (κ3) is 5.71. The van der Waals surface area contributed by atoms with Crippen LogP contribution in [0.1, 0.15) is 63.0 Å². The number of halogens is 3. The van der Waals surface area contributed by atoms with Crippen LogP contribution in [0.25, 0.3) is 0 Å². The fraction of sp³-hybridized carbons (Fsp3) is 0.737. The van der Waals surface area contributed by atoms with E-state index in [0.717, 1.165) is 43.5 Å². The number of carbonyl (C=O) groups excluding carboxylic acids is 1. The summed E-state index contributed by atoms with van der Waals surface area (Å²) >= 11 is 0. The van der Waals surface area contributed by atoms with Gasteiger partial charge in [0.25, 0.3) is 0 Å². The maximum absolute atomic E-state index is 12.0. The smallest absolute Gasteiger partial charge is 0.475 e. The van der Waals surface area contributed by atoms with Crippen LogP contribution < -0.4 is 5.32 Å². The second-order valence-corrected chi connectivity index (χ2v) is 7.96. The molecule has 162 valence electrons. The van der Waals surface area contributed by atoms with Crippen LogP contribution in [0, 0.1) is 0 Å². The van der Waals surface area contributed by atoms with E-state index in [-0.39, 0.29) is 5.91 Å². The molecule has 0 saturated heterocycles. The Morgan fingerprint density at radius 3 is 2.38 bits per heavy atom. The quantitative estimate of drug-likeness (QED) is 0.788. The van der Waals surface area contributed by atoms with Gasteiger partial charge in [-0.2, -0.15) is 13.2 Å². The molecule has 2 fully saturated rings. The van der Waals surface area contributed by atoms with E-state index in [1.54, 1.807) is 0 Å². The predicted octanol–water partition coefficient (Wildman–Crippen LogP) is 2.66. The summed E-state index contributed by atoms with van der Waals surface area (Å²) in [4.78, 5) is 28.3. The lowest BCUT2D eigenvalue weighted by molar-refractivity contribution is -0.192. The van der Waals surface area contributed by atoms with Crippen molar-refractivity contribution in [3.8, 4) is 0 Å². The largest absolute Gasteiger partial charge is 0.490 e. The van der Waals surface area contributed by atoms with Crippen LogP contribution in [0.2, 0.25) is 0 Å². The Morgan fingerprint density at radius 1 is 1.21 bits per heavy atom. The molecule has 7 nitrogen and oxygen atoms in total. The van der Waals surface area contributed by atoms with E-state index in [0.29, 0.717) is 18.5 Å². The van der Waals surface area contributed by atoms with Crippen LogP contribution in [-0.2, 0) is 22.6 Å². The fourth-order valence-electron chi connectivity index (χ4n) is 4.05. The molecule has 2 heterocycles. The molecule has 0 aromatic carbocycles. The molecule has 2 saturated carbocycles. The molecule has 1 unspecified atom stereocenters. The zero-order chi connectivity index (χ0) is 21.2. The van der Waals surface area contributed by atoms with Gasteiger partial charge in [0, 0.05) is 31.4 Å². The van der Waals surface area contributed by atoms with Gasteiger partial charge in [0.05, 0.1) is 18.2 Å². The molecule has 4 rings (SSSR count). The SMILES string of the molecule is CC1c2nc(CC(=O)NC3CC3)cn2CCN1C1CCCC1.O=C(O)C(F)(F)F. The number of hydrogen-bond donors (Lipinski definition) is 2. The number of rotatable bonds is 4. The minimum Gasteiger partial charge on any atom is -0.475 e. The monoisotopic (exact) mass is 416 g/mol. The molecule has 0 radical (unpaired) electrons. The highest BCUT2D eigenvalue weighted by Crippen LogP contribution is 2.33. The first-order valence-corrected chi connectivity index (χ1v) is 10.1. The highest BCUT2D eigenvalue weighted by molar-refractivity contribution is 5.78. The summed E-state index contributed by atoms with van der Waals surface area (Å²) in [5.41, 5.74) is 0.924. The van der Waals surface area contributed by atoms with Crippen LogP contribution in [0.4, 0.5) is 13.2 Å². The number of alkyl halides is 3. The van der Waals surface area contributed by atoms with Crippen molar-refractivity contribution in [3.63, 3.8) is 0 Å². The summed E-state index contributed by atoms with van der Waals surface area (Å²) < 4.78 is 34.0. The number of nitrogens with one attached hydrogen (secondary N) is 1. The van der Waals surface area contributed by atoms with E-state index in [2.05, 4.69) is 27.9 Å². The summed E-state index contributed by atoms with van der Waals surface area (Å²) in [5, 5.41) is 10.2. The van der Waals surface area contributed by atoms with Crippen molar-refractivity contribution in [2.75, 3.05) is 6.54 Å². The number of fused-ring (bicyclic) bond motifs is 1. The average molecular weight is 416 g/mol. The fourth-order valence-corrected chi connectivity index (χ4v) is 4.05. The molecular formula is C19H27F3N4O3. The third-order valence-electron chi connectivity index (χ3n) is 5.65. The Hall–Kier alpha value is -2.10.